The van der Waals surface area contributed by atoms with E-state index >= 15 is 0 Å². The minimum absolute atomic E-state index is 0.0308. The second-order valence-corrected chi connectivity index (χ2v) is 7.91. The molecule has 1 heterocycles. The second-order valence-electron chi connectivity index (χ2n) is 6.03. The van der Waals surface area contributed by atoms with E-state index in [4.69, 9.17) is 0 Å². The van der Waals surface area contributed by atoms with Crippen LogP contribution in [-0.4, -0.2) is 45.5 Å². The number of aliphatic carboxylic acids is 1. The van der Waals surface area contributed by atoms with Crippen molar-refractivity contribution in [1.82, 2.24) is 4.90 Å². The average molecular weight is 285 g/mol. The zero-order valence-electron chi connectivity index (χ0n) is 11.7. The Hall–Kier alpha value is -0.710. The van der Waals surface area contributed by atoms with Gasteiger partial charge in [0.1, 0.15) is 0 Å². The molecule has 5 heteroatoms. The molecule has 1 saturated heterocycles. The third kappa shape index (κ3) is 3.25. The van der Waals surface area contributed by atoms with E-state index in [1.807, 2.05) is 16.7 Å². The molecular weight excluding hydrogens is 262 g/mol. The summed E-state index contributed by atoms with van der Waals surface area (Å²) in [5, 5.41) is 10.3. The topological polar surface area (TPSA) is 57.6 Å². The molecule has 0 aromatic heterocycles. The van der Waals surface area contributed by atoms with E-state index in [0.717, 1.165) is 25.9 Å². The largest absolute Gasteiger partial charge is 0.481 e. The minimum atomic E-state index is -0.786. The number of carbonyl (C=O) groups is 2. The number of carboxylic acid groups (broad SMARTS) is 1. The van der Waals surface area contributed by atoms with Crippen LogP contribution in [-0.2, 0) is 9.59 Å². The van der Waals surface area contributed by atoms with Crippen molar-refractivity contribution in [2.75, 3.05) is 13.1 Å². The third-order valence-corrected chi connectivity index (χ3v) is 5.50. The lowest BCUT2D eigenvalue weighted by atomic mass is 9.82. The van der Waals surface area contributed by atoms with Crippen molar-refractivity contribution in [3.05, 3.63) is 0 Å². The summed E-state index contributed by atoms with van der Waals surface area (Å²) in [5.41, 5.74) is -0.784. The maximum Gasteiger partial charge on any atom is 0.310 e. The molecule has 0 spiro atoms. The van der Waals surface area contributed by atoms with Gasteiger partial charge in [-0.15, -0.1) is 0 Å². The Kier molecular flexibility index (Phi) is 4.43. The lowest BCUT2D eigenvalue weighted by molar-refractivity contribution is -0.153. The van der Waals surface area contributed by atoms with Crippen molar-refractivity contribution in [1.29, 1.82) is 0 Å². The van der Waals surface area contributed by atoms with Crippen LogP contribution in [0.15, 0.2) is 0 Å². The van der Waals surface area contributed by atoms with Crippen LogP contribution in [0.3, 0.4) is 0 Å². The normalized spacial score (nSPS) is 30.3. The van der Waals surface area contributed by atoms with Gasteiger partial charge < -0.3 is 10.0 Å². The number of hydrogen-bond donors (Lipinski definition) is 1. The molecule has 4 nitrogen and oxygen atoms in total. The fourth-order valence-corrected chi connectivity index (χ4v) is 4.63. The predicted octanol–water partition coefficient (Wildman–Crippen LogP) is 2.37. The van der Waals surface area contributed by atoms with Crippen LogP contribution in [0, 0.1) is 5.41 Å². The van der Waals surface area contributed by atoms with Crippen LogP contribution in [0.4, 0.5) is 0 Å². The summed E-state index contributed by atoms with van der Waals surface area (Å²) in [6.07, 6.45) is 3.36. The molecule has 2 aliphatic rings. The number of carboxylic acids is 1. The molecule has 1 N–H and O–H groups in total. The van der Waals surface area contributed by atoms with Crippen LogP contribution in [0.1, 0.15) is 46.0 Å². The van der Waals surface area contributed by atoms with Crippen molar-refractivity contribution in [3.63, 3.8) is 0 Å². The van der Waals surface area contributed by atoms with Crippen molar-refractivity contribution in [2.24, 2.45) is 5.41 Å². The molecule has 2 unspecified atom stereocenters. The van der Waals surface area contributed by atoms with E-state index in [0.29, 0.717) is 23.3 Å². The van der Waals surface area contributed by atoms with Crippen molar-refractivity contribution in [2.45, 2.75) is 56.5 Å². The molecule has 0 aromatic rings. The van der Waals surface area contributed by atoms with E-state index in [2.05, 4.69) is 13.8 Å². The molecule has 0 aromatic carbocycles. The van der Waals surface area contributed by atoms with Crippen LogP contribution < -0.4 is 0 Å². The quantitative estimate of drug-likeness (QED) is 0.865. The Labute approximate surface area is 118 Å². The molecular formula is C14H23NO3S. The number of thioether (sulfide) groups is 1. The first-order valence-electron chi connectivity index (χ1n) is 7.09. The van der Waals surface area contributed by atoms with Crippen LogP contribution in [0.2, 0.25) is 0 Å². The van der Waals surface area contributed by atoms with E-state index in [-0.39, 0.29) is 12.3 Å². The molecule has 2 fully saturated rings. The number of nitrogens with zero attached hydrogens (tertiary/aromatic N) is 1. The first-order chi connectivity index (χ1) is 8.93. The number of carbonyl (C=O) groups excluding carboxylic acids is 1. The number of rotatable bonds is 3. The molecule has 1 aliphatic heterocycles. The molecule has 1 amide bonds. The summed E-state index contributed by atoms with van der Waals surface area (Å²) in [7, 11) is 0. The van der Waals surface area contributed by atoms with Gasteiger partial charge in [0.25, 0.3) is 0 Å². The first kappa shape index (κ1) is 14.7. The zero-order valence-corrected chi connectivity index (χ0v) is 12.5. The Balaban J connectivity index is 2.01. The molecule has 1 aliphatic carbocycles. The van der Waals surface area contributed by atoms with Crippen molar-refractivity contribution in [3.8, 4) is 0 Å². The fourth-order valence-electron chi connectivity index (χ4n) is 3.30. The molecule has 2 atom stereocenters. The summed E-state index contributed by atoms with van der Waals surface area (Å²) >= 11 is 1.90. The maximum absolute atomic E-state index is 12.4. The van der Waals surface area contributed by atoms with Crippen molar-refractivity contribution >= 4 is 23.6 Å². The summed E-state index contributed by atoms with van der Waals surface area (Å²) < 4.78 is 0. The van der Waals surface area contributed by atoms with Gasteiger partial charge in [-0.1, -0.05) is 26.7 Å². The molecule has 19 heavy (non-hydrogen) atoms. The lowest BCUT2D eigenvalue weighted by Crippen LogP contribution is -2.46. The highest BCUT2D eigenvalue weighted by molar-refractivity contribution is 8.00. The highest BCUT2D eigenvalue weighted by atomic mass is 32.2. The highest BCUT2D eigenvalue weighted by Crippen LogP contribution is 2.42. The molecule has 108 valence electrons. The molecule has 2 rings (SSSR count). The van der Waals surface area contributed by atoms with E-state index < -0.39 is 11.4 Å². The van der Waals surface area contributed by atoms with E-state index in [1.165, 1.54) is 0 Å². The van der Waals surface area contributed by atoms with Crippen LogP contribution in [0.5, 0.6) is 0 Å². The number of hydrogen-bond acceptors (Lipinski definition) is 3. The van der Waals surface area contributed by atoms with E-state index in [1.54, 1.807) is 0 Å². The maximum atomic E-state index is 12.4. The van der Waals surface area contributed by atoms with Gasteiger partial charge >= 0.3 is 5.97 Å². The zero-order chi connectivity index (χ0) is 14.0. The Bertz CT molecular complexity index is 356. The fraction of sp³-hybridized carbons (Fsp3) is 0.857. The third-order valence-electron chi connectivity index (χ3n) is 4.28. The van der Waals surface area contributed by atoms with Crippen molar-refractivity contribution < 1.29 is 14.7 Å². The SMILES string of the molecule is CC1CN(C(=O)CC2(C(=O)O)CCCC2)CC(C)S1. The van der Waals surface area contributed by atoms with Gasteiger partial charge in [-0.05, 0) is 12.8 Å². The average Bonchev–Trinajstić information content (AvgIpc) is 2.77. The van der Waals surface area contributed by atoms with Gasteiger partial charge in [-0.2, -0.15) is 11.8 Å². The lowest BCUT2D eigenvalue weighted by Gasteiger charge is -2.36. The standard InChI is InChI=1S/C14H23NO3S/c1-10-8-15(9-11(2)19-10)12(16)7-14(13(17)18)5-3-4-6-14/h10-11H,3-9H2,1-2H3,(H,17,18). The second kappa shape index (κ2) is 5.73. The predicted molar refractivity (Wildman–Crippen MR) is 76.2 cm³/mol. The van der Waals surface area contributed by atoms with Crippen LogP contribution >= 0.6 is 11.8 Å². The monoisotopic (exact) mass is 285 g/mol. The smallest absolute Gasteiger partial charge is 0.310 e. The van der Waals surface area contributed by atoms with Gasteiger partial charge in [0.15, 0.2) is 0 Å². The Morgan fingerprint density at radius 2 is 1.74 bits per heavy atom. The number of amides is 1. The molecule has 1 saturated carbocycles. The van der Waals surface area contributed by atoms with Gasteiger partial charge in [0, 0.05) is 30.0 Å². The molecule has 0 bridgehead atoms. The minimum Gasteiger partial charge on any atom is -0.481 e. The highest BCUT2D eigenvalue weighted by Gasteiger charge is 2.44. The summed E-state index contributed by atoms with van der Waals surface area (Å²) in [6.45, 7) is 5.76. The summed E-state index contributed by atoms with van der Waals surface area (Å²) in [4.78, 5) is 25.8. The Morgan fingerprint density at radius 1 is 1.21 bits per heavy atom. The summed E-state index contributed by atoms with van der Waals surface area (Å²) in [5.74, 6) is -0.755. The first-order valence-corrected chi connectivity index (χ1v) is 8.04. The van der Waals surface area contributed by atoms with Gasteiger partial charge in [-0.25, -0.2) is 0 Å². The van der Waals surface area contributed by atoms with Gasteiger partial charge in [0.2, 0.25) is 5.91 Å². The summed E-state index contributed by atoms with van der Waals surface area (Å²) in [6, 6.07) is 0. The van der Waals surface area contributed by atoms with Gasteiger partial charge in [0.05, 0.1) is 5.41 Å². The van der Waals surface area contributed by atoms with Crippen LogP contribution in [0.25, 0.3) is 0 Å². The van der Waals surface area contributed by atoms with E-state index in [9.17, 15) is 14.7 Å². The Morgan fingerprint density at radius 3 is 2.21 bits per heavy atom. The molecule has 0 radical (unpaired) electrons. The van der Waals surface area contributed by atoms with Gasteiger partial charge in [-0.3, -0.25) is 9.59 Å².